The number of rotatable bonds is 3. The molecule has 0 bridgehead atoms. The average molecular weight is 519 g/mol. The van der Waals surface area contributed by atoms with Crippen molar-refractivity contribution in [1.29, 1.82) is 0 Å². The quantitative estimate of drug-likeness (QED) is 0.215. The molecule has 0 saturated carbocycles. The van der Waals surface area contributed by atoms with Crippen LogP contribution in [0.25, 0.3) is 44.2 Å². The van der Waals surface area contributed by atoms with Crippen LogP contribution in [0.4, 0.5) is 0 Å². The first-order chi connectivity index (χ1) is 19.0. The lowest BCUT2D eigenvalue weighted by Gasteiger charge is -2.25. The molecular weight excluding hydrogens is 491 g/mol. The summed E-state index contributed by atoms with van der Waals surface area (Å²) in [4.78, 5) is 0. The summed E-state index contributed by atoms with van der Waals surface area (Å²) < 4.78 is 15.2. The Morgan fingerprint density at radius 3 is 1.74 bits per heavy atom. The summed E-state index contributed by atoms with van der Waals surface area (Å²) in [6, 6.07) is 44.5. The lowest BCUT2D eigenvalue weighted by Crippen LogP contribution is -2.26. The zero-order chi connectivity index (χ0) is 26.4. The summed E-state index contributed by atoms with van der Waals surface area (Å²) in [5.41, 5.74) is 10.2. The van der Waals surface area contributed by atoms with Crippen LogP contribution >= 0.6 is 7.14 Å². The summed E-state index contributed by atoms with van der Waals surface area (Å²) in [6.45, 7) is 4.64. The van der Waals surface area contributed by atoms with E-state index >= 15 is 4.57 Å². The summed E-state index contributed by atoms with van der Waals surface area (Å²) in [6.07, 6.45) is 0. The second kappa shape index (κ2) is 7.92. The minimum absolute atomic E-state index is 0.225. The minimum atomic E-state index is -3.06. The molecule has 39 heavy (non-hydrogen) atoms. The van der Waals surface area contributed by atoms with Crippen LogP contribution in [0.2, 0.25) is 0 Å². The first-order valence-electron chi connectivity index (χ1n) is 13.6. The fourth-order valence-corrected chi connectivity index (χ4v) is 9.66. The van der Waals surface area contributed by atoms with Gasteiger partial charge in [0.2, 0.25) is 0 Å². The summed E-state index contributed by atoms with van der Waals surface area (Å²) in [5.74, 6) is 0. The molecule has 2 heteroatoms. The molecular formula is C37H27OP. The Bertz CT molecular complexity index is 1960. The van der Waals surface area contributed by atoms with Gasteiger partial charge >= 0.3 is 0 Å². The highest BCUT2D eigenvalue weighted by Gasteiger charge is 2.40. The van der Waals surface area contributed by atoms with Gasteiger partial charge in [0.1, 0.15) is 0 Å². The van der Waals surface area contributed by atoms with Gasteiger partial charge in [0.05, 0.1) is 0 Å². The Balaban J connectivity index is 1.40. The molecule has 0 saturated heterocycles. The van der Waals surface area contributed by atoms with Crippen LogP contribution in [0, 0.1) is 0 Å². The topological polar surface area (TPSA) is 17.1 Å². The molecule has 0 unspecified atom stereocenters. The van der Waals surface area contributed by atoms with Gasteiger partial charge in [0.25, 0.3) is 0 Å². The van der Waals surface area contributed by atoms with Crippen molar-refractivity contribution in [3.63, 3.8) is 0 Å². The van der Waals surface area contributed by atoms with Gasteiger partial charge in [0, 0.05) is 21.3 Å². The number of hydrogen-bond donors (Lipinski definition) is 0. The Kier molecular flexibility index (Phi) is 4.62. The zero-order valence-corrected chi connectivity index (χ0v) is 22.9. The van der Waals surface area contributed by atoms with Crippen LogP contribution in [0.1, 0.15) is 25.0 Å². The molecule has 0 aromatic heterocycles. The van der Waals surface area contributed by atoms with Crippen LogP contribution in [0.5, 0.6) is 0 Å². The maximum atomic E-state index is 15.2. The van der Waals surface area contributed by atoms with Crippen molar-refractivity contribution >= 4 is 33.8 Å². The van der Waals surface area contributed by atoms with E-state index in [9.17, 15) is 0 Å². The fourth-order valence-electron chi connectivity index (χ4n) is 6.99. The van der Waals surface area contributed by atoms with E-state index in [1.165, 1.54) is 55.3 Å². The van der Waals surface area contributed by atoms with Gasteiger partial charge in [-0.1, -0.05) is 129 Å². The standard InChI is InChI=1S/C37H27OP/c1-37(2)33-22-26(39(38,24-12-5-3-6-13-24)25-14-7-4-8-15-25)20-21-30(33)36-31-19-11-18-29-27-16-9-10-17-28(27)32(35(29)31)23-34(36)37/h3-23H,1-2H3. The van der Waals surface area contributed by atoms with Crippen molar-refractivity contribution in [3.05, 3.63) is 139 Å². The van der Waals surface area contributed by atoms with E-state index in [-0.39, 0.29) is 5.41 Å². The SMILES string of the molecule is CC1(C)c2cc(P(=O)(c3ccccc3)c3ccccc3)ccc2-c2c1cc1c3c(cccc23)-c2ccccc2-1. The van der Waals surface area contributed by atoms with Crippen molar-refractivity contribution in [3.8, 4) is 33.4 Å². The van der Waals surface area contributed by atoms with Crippen LogP contribution < -0.4 is 15.9 Å². The summed E-state index contributed by atoms with van der Waals surface area (Å²) in [7, 11) is -3.06. The molecule has 0 spiro atoms. The van der Waals surface area contributed by atoms with Crippen molar-refractivity contribution in [2.75, 3.05) is 0 Å². The van der Waals surface area contributed by atoms with E-state index < -0.39 is 7.14 Å². The average Bonchev–Trinajstić information content (AvgIpc) is 3.43. The molecule has 0 N–H and O–H groups in total. The number of benzene rings is 6. The molecule has 186 valence electrons. The maximum Gasteiger partial charge on any atom is 0.171 e. The van der Waals surface area contributed by atoms with Crippen LogP contribution in [0.3, 0.4) is 0 Å². The highest BCUT2D eigenvalue weighted by atomic mass is 31.2. The largest absolute Gasteiger partial charge is 0.309 e. The predicted molar refractivity (Wildman–Crippen MR) is 165 cm³/mol. The van der Waals surface area contributed by atoms with E-state index in [1.54, 1.807) is 0 Å². The molecule has 8 rings (SSSR count). The molecule has 0 fully saturated rings. The Hall–Kier alpha value is -4.19. The molecule has 2 aliphatic rings. The second-order valence-corrected chi connectivity index (χ2v) is 14.0. The smallest absolute Gasteiger partial charge is 0.171 e. The number of hydrogen-bond acceptors (Lipinski definition) is 1. The lowest BCUT2D eigenvalue weighted by molar-refractivity contribution is 0.592. The second-order valence-electron chi connectivity index (χ2n) is 11.3. The first-order valence-corrected chi connectivity index (χ1v) is 15.3. The van der Waals surface area contributed by atoms with Gasteiger partial charge in [-0.05, 0) is 67.4 Å². The van der Waals surface area contributed by atoms with Gasteiger partial charge in [-0.15, -0.1) is 0 Å². The highest BCUT2D eigenvalue weighted by Crippen LogP contribution is 2.57. The van der Waals surface area contributed by atoms with E-state index in [2.05, 4.69) is 80.6 Å². The third-order valence-electron chi connectivity index (χ3n) is 8.89. The van der Waals surface area contributed by atoms with Crippen LogP contribution in [-0.4, -0.2) is 0 Å². The normalized spacial score (nSPS) is 14.2. The molecule has 2 aliphatic carbocycles. The molecule has 6 aromatic rings. The van der Waals surface area contributed by atoms with Crippen LogP contribution in [-0.2, 0) is 9.98 Å². The Morgan fingerprint density at radius 1 is 0.487 bits per heavy atom. The van der Waals surface area contributed by atoms with E-state index in [4.69, 9.17) is 0 Å². The molecule has 0 radical (unpaired) electrons. The van der Waals surface area contributed by atoms with Crippen molar-refractivity contribution in [1.82, 2.24) is 0 Å². The molecule has 0 amide bonds. The van der Waals surface area contributed by atoms with Gasteiger partial charge in [-0.25, -0.2) is 0 Å². The van der Waals surface area contributed by atoms with E-state index in [1.807, 2.05) is 60.7 Å². The van der Waals surface area contributed by atoms with E-state index in [0.717, 1.165) is 15.9 Å². The van der Waals surface area contributed by atoms with Crippen molar-refractivity contribution in [2.45, 2.75) is 19.3 Å². The summed E-state index contributed by atoms with van der Waals surface area (Å²) in [5, 5.41) is 5.29. The Morgan fingerprint density at radius 2 is 1.08 bits per heavy atom. The van der Waals surface area contributed by atoms with Gasteiger partial charge in [0.15, 0.2) is 7.14 Å². The Labute approximate surface area is 229 Å². The third kappa shape index (κ3) is 2.94. The monoisotopic (exact) mass is 518 g/mol. The maximum absolute atomic E-state index is 15.2. The van der Waals surface area contributed by atoms with Gasteiger partial charge in [-0.3, -0.25) is 0 Å². The number of fused-ring (bicyclic) bond motifs is 7. The zero-order valence-electron chi connectivity index (χ0n) is 22.0. The molecule has 0 atom stereocenters. The minimum Gasteiger partial charge on any atom is -0.309 e. The molecule has 0 heterocycles. The first kappa shape index (κ1) is 22.8. The van der Waals surface area contributed by atoms with Crippen LogP contribution in [0.15, 0.2) is 127 Å². The third-order valence-corrected chi connectivity index (χ3v) is 11.9. The summed E-state index contributed by atoms with van der Waals surface area (Å²) >= 11 is 0. The molecule has 0 aliphatic heterocycles. The molecule has 6 aromatic carbocycles. The van der Waals surface area contributed by atoms with Gasteiger partial charge in [-0.2, -0.15) is 0 Å². The van der Waals surface area contributed by atoms with E-state index in [0.29, 0.717) is 0 Å². The lowest BCUT2D eigenvalue weighted by atomic mass is 9.81. The predicted octanol–water partition coefficient (Wildman–Crippen LogP) is 8.43. The van der Waals surface area contributed by atoms with Crippen molar-refractivity contribution in [2.24, 2.45) is 0 Å². The highest BCUT2D eigenvalue weighted by molar-refractivity contribution is 7.85. The fraction of sp³-hybridized carbons (Fsp3) is 0.0811. The van der Waals surface area contributed by atoms with Crippen molar-refractivity contribution < 1.29 is 4.57 Å². The molecule has 1 nitrogen and oxygen atoms in total. The van der Waals surface area contributed by atoms with Gasteiger partial charge < -0.3 is 4.57 Å².